The molecule has 0 saturated heterocycles. The van der Waals surface area contributed by atoms with Gasteiger partial charge in [-0.25, -0.2) is 0 Å². The largest absolute Gasteiger partial charge is 0.354 e. The molecule has 0 spiro atoms. The number of carbonyl (C=O) groups is 2. The van der Waals surface area contributed by atoms with Crippen LogP contribution in [0, 0.1) is 12.8 Å². The molecule has 0 fully saturated rings. The van der Waals surface area contributed by atoms with Gasteiger partial charge in [-0.1, -0.05) is 50.2 Å². The Morgan fingerprint density at radius 3 is 2.18 bits per heavy atom. The second kappa shape index (κ2) is 10.1. The number of nitrogens with zero attached hydrogens (tertiary/aromatic N) is 1. The molecule has 0 unspecified atom stereocenters. The first-order valence-electron chi connectivity index (χ1n) is 9.99. The highest BCUT2D eigenvalue weighted by atomic mass is 16.2. The molecule has 0 aromatic heterocycles. The SMILES string of the molecule is Cc1ccccc1CN(C(=O)CC(C)C)c1ccc(CC(=O)NC(C)C)cc1. The standard InChI is InChI=1S/C24H32N2O2/c1-17(2)14-24(28)26(16-21-9-7-6-8-19(21)5)22-12-10-20(11-13-22)15-23(27)25-18(3)4/h6-13,17-18H,14-16H2,1-5H3,(H,25,27). The number of carbonyl (C=O) groups excluding carboxylic acids is 2. The summed E-state index contributed by atoms with van der Waals surface area (Å²) >= 11 is 0. The van der Waals surface area contributed by atoms with Gasteiger partial charge in [-0.05, 0) is 55.5 Å². The lowest BCUT2D eigenvalue weighted by Crippen LogP contribution is -2.32. The van der Waals surface area contributed by atoms with Crippen LogP contribution in [0.4, 0.5) is 5.69 Å². The van der Waals surface area contributed by atoms with Crippen LogP contribution in [-0.2, 0) is 22.6 Å². The summed E-state index contributed by atoms with van der Waals surface area (Å²) in [5.74, 6) is 0.421. The highest BCUT2D eigenvalue weighted by molar-refractivity contribution is 5.93. The molecule has 150 valence electrons. The third-order valence-corrected chi connectivity index (χ3v) is 4.54. The molecule has 4 heteroatoms. The van der Waals surface area contributed by atoms with E-state index in [4.69, 9.17) is 0 Å². The van der Waals surface area contributed by atoms with Gasteiger partial charge in [0.15, 0.2) is 0 Å². The van der Waals surface area contributed by atoms with Gasteiger partial charge < -0.3 is 10.2 Å². The zero-order chi connectivity index (χ0) is 20.7. The number of aryl methyl sites for hydroxylation is 1. The first-order chi connectivity index (χ1) is 13.3. The third kappa shape index (κ3) is 6.52. The van der Waals surface area contributed by atoms with Crippen molar-refractivity contribution < 1.29 is 9.59 Å². The molecule has 0 aliphatic rings. The molecule has 2 aromatic carbocycles. The summed E-state index contributed by atoms with van der Waals surface area (Å²) in [7, 11) is 0. The second-order valence-electron chi connectivity index (χ2n) is 8.07. The molecule has 4 nitrogen and oxygen atoms in total. The molecular formula is C24H32N2O2. The van der Waals surface area contributed by atoms with Crippen LogP contribution >= 0.6 is 0 Å². The molecule has 28 heavy (non-hydrogen) atoms. The normalized spacial score (nSPS) is 11.0. The number of benzene rings is 2. The molecule has 0 radical (unpaired) electrons. The lowest BCUT2D eigenvalue weighted by Gasteiger charge is -2.25. The minimum atomic E-state index is 0.00963. The van der Waals surface area contributed by atoms with Crippen LogP contribution in [-0.4, -0.2) is 17.9 Å². The van der Waals surface area contributed by atoms with Crippen molar-refractivity contribution in [2.24, 2.45) is 5.92 Å². The summed E-state index contributed by atoms with van der Waals surface area (Å²) in [5, 5.41) is 2.90. The van der Waals surface area contributed by atoms with E-state index in [1.807, 2.05) is 55.1 Å². The molecular weight excluding hydrogens is 348 g/mol. The Bertz CT molecular complexity index is 795. The predicted molar refractivity (Wildman–Crippen MR) is 115 cm³/mol. The topological polar surface area (TPSA) is 49.4 Å². The van der Waals surface area contributed by atoms with E-state index in [-0.39, 0.29) is 17.9 Å². The van der Waals surface area contributed by atoms with Gasteiger partial charge in [-0.3, -0.25) is 9.59 Å². The lowest BCUT2D eigenvalue weighted by molar-refractivity contribution is -0.121. The van der Waals surface area contributed by atoms with Crippen LogP contribution in [0.15, 0.2) is 48.5 Å². The second-order valence-corrected chi connectivity index (χ2v) is 8.07. The van der Waals surface area contributed by atoms with Crippen molar-refractivity contribution >= 4 is 17.5 Å². The summed E-state index contributed by atoms with van der Waals surface area (Å²) in [5.41, 5.74) is 4.11. The van der Waals surface area contributed by atoms with E-state index in [1.165, 1.54) is 5.56 Å². The van der Waals surface area contributed by atoms with Gasteiger partial charge in [0, 0.05) is 18.2 Å². The summed E-state index contributed by atoms with van der Waals surface area (Å²) in [6, 6.07) is 16.0. The number of hydrogen-bond acceptors (Lipinski definition) is 2. The Morgan fingerprint density at radius 2 is 1.61 bits per heavy atom. The molecule has 0 atom stereocenters. The van der Waals surface area contributed by atoms with Crippen molar-refractivity contribution in [3.05, 3.63) is 65.2 Å². The maximum Gasteiger partial charge on any atom is 0.227 e. The minimum Gasteiger partial charge on any atom is -0.354 e. The third-order valence-electron chi connectivity index (χ3n) is 4.54. The van der Waals surface area contributed by atoms with E-state index >= 15 is 0 Å². The molecule has 0 aliphatic carbocycles. The van der Waals surface area contributed by atoms with Gasteiger partial charge in [0.1, 0.15) is 0 Å². The number of anilines is 1. The van der Waals surface area contributed by atoms with Crippen LogP contribution in [0.3, 0.4) is 0 Å². The first-order valence-corrected chi connectivity index (χ1v) is 9.99. The molecule has 0 saturated carbocycles. The van der Waals surface area contributed by atoms with E-state index in [0.29, 0.717) is 25.3 Å². The van der Waals surface area contributed by atoms with Crippen molar-refractivity contribution in [2.45, 2.75) is 60.0 Å². The average Bonchev–Trinajstić information content (AvgIpc) is 2.60. The van der Waals surface area contributed by atoms with Crippen molar-refractivity contribution in [1.29, 1.82) is 0 Å². The predicted octanol–water partition coefficient (Wildman–Crippen LogP) is 4.64. The maximum absolute atomic E-state index is 12.9. The summed E-state index contributed by atoms with van der Waals surface area (Å²) in [4.78, 5) is 26.7. The summed E-state index contributed by atoms with van der Waals surface area (Å²) < 4.78 is 0. The van der Waals surface area contributed by atoms with Gasteiger partial charge in [-0.2, -0.15) is 0 Å². The van der Waals surface area contributed by atoms with Gasteiger partial charge in [-0.15, -0.1) is 0 Å². The molecule has 1 N–H and O–H groups in total. The monoisotopic (exact) mass is 380 g/mol. The van der Waals surface area contributed by atoms with E-state index in [0.717, 1.165) is 16.8 Å². The van der Waals surface area contributed by atoms with Crippen molar-refractivity contribution in [2.75, 3.05) is 4.90 Å². The number of rotatable bonds is 8. The highest BCUT2D eigenvalue weighted by Crippen LogP contribution is 2.22. The molecule has 2 aromatic rings. The van der Waals surface area contributed by atoms with Crippen LogP contribution < -0.4 is 10.2 Å². The van der Waals surface area contributed by atoms with Crippen molar-refractivity contribution in [1.82, 2.24) is 5.32 Å². The van der Waals surface area contributed by atoms with Crippen LogP contribution in [0.25, 0.3) is 0 Å². The molecule has 0 aliphatic heterocycles. The van der Waals surface area contributed by atoms with Crippen LogP contribution in [0.2, 0.25) is 0 Å². The smallest absolute Gasteiger partial charge is 0.227 e. The Morgan fingerprint density at radius 1 is 0.964 bits per heavy atom. The van der Waals surface area contributed by atoms with Gasteiger partial charge in [0.25, 0.3) is 0 Å². The quantitative estimate of drug-likeness (QED) is 0.725. The molecule has 2 amide bonds. The fourth-order valence-electron chi connectivity index (χ4n) is 3.09. The van der Waals surface area contributed by atoms with Crippen LogP contribution in [0.1, 0.15) is 50.8 Å². The average molecular weight is 381 g/mol. The van der Waals surface area contributed by atoms with E-state index < -0.39 is 0 Å². The summed E-state index contributed by atoms with van der Waals surface area (Å²) in [6.07, 6.45) is 0.848. The molecule has 0 heterocycles. The molecule has 2 rings (SSSR count). The first kappa shape index (κ1) is 21.7. The Balaban J connectivity index is 2.21. The van der Waals surface area contributed by atoms with Gasteiger partial charge in [0.2, 0.25) is 11.8 Å². The Labute approximate surface area is 169 Å². The fraction of sp³-hybridized carbons (Fsp3) is 0.417. The summed E-state index contributed by atoms with van der Waals surface area (Å²) in [6.45, 7) is 10.6. The fourth-order valence-corrected chi connectivity index (χ4v) is 3.09. The lowest BCUT2D eigenvalue weighted by atomic mass is 10.1. The van der Waals surface area contributed by atoms with Crippen LogP contribution in [0.5, 0.6) is 0 Å². The Kier molecular flexibility index (Phi) is 7.80. The Hall–Kier alpha value is -2.62. The van der Waals surface area contributed by atoms with E-state index in [9.17, 15) is 9.59 Å². The van der Waals surface area contributed by atoms with Crippen molar-refractivity contribution in [3.8, 4) is 0 Å². The van der Waals surface area contributed by atoms with Gasteiger partial charge >= 0.3 is 0 Å². The zero-order valence-electron chi connectivity index (χ0n) is 17.7. The molecule has 0 bridgehead atoms. The van der Waals surface area contributed by atoms with E-state index in [1.54, 1.807) is 0 Å². The maximum atomic E-state index is 12.9. The number of nitrogens with one attached hydrogen (secondary N) is 1. The van der Waals surface area contributed by atoms with Crippen molar-refractivity contribution in [3.63, 3.8) is 0 Å². The highest BCUT2D eigenvalue weighted by Gasteiger charge is 2.18. The number of hydrogen-bond donors (Lipinski definition) is 1. The van der Waals surface area contributed by atoms with Gasteiger partial charge in [0.05, 0.1) is 13.0 Å². The number of amides is 2. The zero-order valence-corrected chi connectivity index (χ0v) is 17.7. The van der Waals surface area contributed by atoms with E-state index in [2.05, 4.69) is 38.2 Å². The minimum absolute atomic E-state index is 0.00963.